The molecular weight excluding hydrogens is 266 g/mol. The van der Waals surface area contributed by atoms with Crippen molar-refractivity contribution in [3.05, 3.63) is 33.3 Å². The van der Waals surface area contributed by atoms with Gasteiger partial charge in [0.15, 0.2) is 0 Å². The molecule has 1 N–H and O–H groups in total. The van der Waals surface area contributed by atoms with E-state index in [0.717, 1.165) is 19.6 Å². The minimum atomic E-state index is -0.347. The summed E-state index contributed by atoms with van der Waals surface area (Å²) in [6.07, 6.45) is 0. The molecule has 0 saturated carbocycles. The maximum absolute atomic E-state index is 11.2. The fourth-order valence-electron chi connectivity index (χ4n) is 3.37. The van der Waals surface area contributed by atoms with E-state index >= 15 is 0 Å². The van der Waals surface area contributed by atoms with E-state index in [9.17, 15) is 10.1 Å². The summed E-state index contributed by atoms with van der Waals surface area (Å²) in [4.78, 5) is 13.0. The zero-order chi connectivity index (χ0) is 13.6. The molecule has 1 aromatic carbocycles. The Labute approximate surface area is 116 Å². The fourth-order valence-corrected chi connectivity index (χ4v) is 3.54. The number of nitrogens with one attached hydrogen (secondary N) is 1. The van der Waals surface area contributed by atoms with Crippen LogP contribution in [0.4, 0.5) is 11.4 Å². The highest BCUT2D eigenvalue weighted by Crippen LogP contribution is 2.40. The Morgan fingerprint density at radius 3 is 2.95 bits per heavy atom. The Morgan fingerprint density at radius 1 is 1.47 bits per heavy atom. The van der Waals surface area contributed by atoms with Crippen molar-refractivity contribution in [2.45, 2.75) is 13.0 Å². The molecular formula is C13H16ClN3O2. The third kappa shape index (κ3) is 2.07. The fraction of sp³-hybridized carbons (Fsp3) is 0.538. The van der Waals surface area contributed by atoms with E-state index in [1.807, 2.05) is 0 Å². The lowest BCUT2D eigenvalue weighted by Crippen LogP contribution is -2.33. The summed E-state index contributed by atoms with van der Waals surface area (Å²) in [7, 11) is 0. The summed E-state index contributed by atoms with van der Waals surface area (Å²) < 4.78 is 0. The topological polar surface area (TPSA) is 58.4 Å². The Morgan fingerprint density at radius 2 is 2.26 bits per heavy atom. The first-order valence-corrected chi connectivity index (χ1v) is 6.87. The average Bonchev–Trinajstić information content (AvgIpc) is 2.93. The zero-order valence-corrected chi connectivity index (χ0v) is 11.4. The number of hydrogen-bond acceptors (Lipinski definition) is 4. The van der Waals surface area contributed by atoms with Gasteiger partial charge in [-0.1, -0.05) is 11.6 Å². The van der Waals surface area contributed by atoms with Gasteiger partial charge < -0.3 is 10.2 Å². The lowest BCUT2D eigenvalue weighted by Gasteiger charge is -2.26. The molecule has 2 fully saturated rings. The number of fused-ring (bicyclic) bond motifs is 1. The van der Waals surface area contributed by atoms with Crippen molar-refractivity contribution in [3.8, 4) is 0 Å². The molecule has 0 radical (unpaired) electrons. The predicted molar refractivity (Wildman–Crippen MR) is 74.8 cm³/mol. The largest absolute Gasteiger partial charge is 0.363 e. The summed E-state index contributed by atoms with van der Waals surface area (Å²) in [6.45, 7) is 5.04. The van der Waals surface area contributed by atoms with Crippen LogP contribution in [0.3, 0.4) is 0 Å². The second kappa shape index (κ2) is 4.65. The SMILES string of the molecule is CC1C2CNCC2CN1c1ccc(Cl)cc1[N+](=O)[O-]. The van der Waals surface area contributed by atoms with Crippen molar-refractivity contribution < 1.29 is 4.92 Å². The maximum atomic E-state index is 11.2. The van der Waals surface area contributed by atoms with Gasteiger partial charge in [0.2, 0.25) is 0 Å². The number of hydrogen-bond donors (Lipinski definition) is 1. The second-order valence-corrected chi connectivity index (χ2v) is 5.80. The summed E-state index contributed by atoms with van der Waals surface area (Å²) in [6, 6.07) is 5.25. The van der Waals surface area contributed by atoms with Gasteiger partial charge >= 0.3 is 0 Å². The summed E-state index contributed by atoms with van der Waals surface area (Å²) in [5, 5.41) is 15.0. The first-order chi connectivity index (χ1) is 9.08. The van der Waals surface area contributed by atoms with Crippen LogP contribution in [0, 0.1) is 22.0 Å². The van der Waals surface area contributed by atoms with E-state index in [1.54, 1.807) is 12.1 Å². The van der Waals surface area contributed by atoms with Crippen molar-refractivity contribution in [3.63, 3.8) is 0 Å². The summed E-state index contributed by atoms with van der Waals surface area (Å²) in [5.41, 5.74) is 0.795. The van der Waals surface area contributed by atoms with E-state index in [4.69, 9.17) is 11.6 Å². The van der Waals surface area contributed by atoms with Crippen molar-refractivity contribution in [2.75, 3.05) is 24.5 Å². The minimum absolute atomic E-state index is 0.104. The molecule has 3 rings (SSSR count). The Bertz CT molecular complexity index is 523. The van der Waals surface area contributed by atoms with Crippen LogP contribution in [0.5, 0.6) is 0 Å². The van der Waals surface area contributed by atoms with E-state index < -0.39 is 0 Å². The third-order valence-electron chi connectivity index (χ3n) is 4.38. The monoisotopic (exact) mass is 281 g/mol. The normalized spacial score (nSPS) is 29.6. The van der Waals surface area contributed by atoms with Gasteiger partial charge in [-0.15, -0.1) is 0 Å². The van der Waals surface area contributed by atoms with Crippen LogP contribution >= 0.6 is 11.6 Å². The molecule has 102 valence electrons. The van der Waals surface area contributed by atoms with Crippen LogP contribution in [0.25, 0.3) is 0 Å². The smallest absolute Gasteiger partial charge is 0.294 e. The Kier molecular flexibility index (Phi) is 3.11. The number of nitrogens with zero attached hydrogens (tertiary/aromatic N) is 2. The molecule has 2 saturated heterocycles. The summed E-state index contributed by atoms with van der Waals surface area (Å²) in [5.74, 6) is 1.17. The molecule has 6 heteroatoms. The third-order valence-corrected chi connectivity index (χ3v) is 4.61. The van der Waals surface area contributed by atoms with E-state index in [2.05, 4.69) is 17.1 Å². The highest BCUT2D eigenvalue weighted by Gasteiger charge is 2.43. The van der Waals surface area contributed by atoms with Crippen molar-refractivity contribution in [1.29, 1.82) is 0 Å². The van der Waals surface area contributed by atoms with Gasteiger partial charge in [0.05, 0.1) is 4.92 Å². The van der Waals surface area contributed by atoms with E-state index in [1.165, 1.54) is 6.07 Å². The van der Waals surface area contributed by atoms with Gasteiger partial charge in [-0.05, 0) is 30.9 Å². The molecule has 1 aromatic rings. The molecule has 19 heavy (non-hydrogen) atoms. The number of rotatable bonds is 2. The van der Waals surface area contributed by atoms with E-state index in [0.29, 0.717) is 28.6 Å². The van der Waals surface area contributed by atoms with Gasteiger partial charge in [-0.2, -0.15) is 0 Å². The Hall–Kier alpha value is -1.33. The molecule has 0 aliphatic carbocycles. The average molecular weight is 282 g/mol. The summed E-state index contributed by atoms with van der Waals surface area (Å²) >= 11 is 5.87. The maximum Gasteiger partial charge on any atom is 0.294 e. The van der Waals surface area contributed by atoms with Gasteiger partial charge in [0, 0.05) is 36.8 Å². The van der Waals surface area contributed by atoms with Crippen LogP contribution in [0.1, 0.15) is 6.92 Å². The molecule has 5 nitrogen and oxygen atoms in total. The van der Waals surface area contributed by atoms with Crippen molar-refractivity contribution in [2.24, 2.45) is 11.8 Å². The molecule has 2 aliphatic heterocycles. The second-order valence-electron chi connectivity index (χ2n) is 5.37. The lowest BCUT2D eigenvalue weighted by molar-refractivity contribution is -0.384. The molecule has 3 atom stereocenters. The first kappa shape index (κ1) is 12.7. The molecule has 2 aliphatic rings. The number of benzene rings is 1. The van der Waals surface area contributed by atoms with Crippen molar-refractivity contribution in [1.82, 2.24) is 5.32 Å². The van der Waals surface area contributed by atoms with Gasteiger partial charge in [-0.3, -0.25) is 10.1 Å². The number of nitro benzene ring substituents is 1. The van der Waals surface area contributed by atoms with Crippen LogP contribution < -0.4 is 10.2 Å². The molecule has 3 unspecified atom stereocenters. The minimum Gasteiger partial charge on any atom is -0.363 e. The van der Waals surface area contributed by atoms with Crippen LogP contribution in [-0.2, 0) is 0 Å². The first-order valence-electron chi connectivity index (χ1n) is 6.49. The molecule has 0 aromatic heterocycles. The zero-order valence-electron chi connectivity index (χ0n) is 10.7. The van der Waals surface area contributed by atoms with Gasteiger partial charge in [0.25, 0.3) is 5.69 Å². The van der Waals surface area contributed by atoms with Crippen LogP contribution in [-0.4, -0.2) is 30.6 Å². The number of nitro groups is 1. The highest BCUT2D eigenvalue weighted by atomic mass is 35.5. The lowest BCUT2D eigenvalue weighted by atomic mass is 9.95. The quantitative estimate of drug-likeness (QED) is 0.667. The Balaban J connectivity index is 1.97. The standard InChI is InChI=1S/C13H16ClN3O2/c1-8-11-6-15-5-9(11)7-16(8)12-3-2-10(14)4-13(12)17(18)19/h2-4,8-9,11,15H,5-7H2,1H3. The molecule has 0 spiro atoms. The molecule has 2 heterocycles. The van der Waals surface area contributed by atoms with Gasteiger partial charge in [0.1, 0.15) is 5.69 Å². The van der Waals surface area contributed by atoms with Crippen molar-refractivity contribution >= 4 is 23.0 Å². The van der Waals surface area contributed by atoms with Crippen LogP contribution in [0.2, 0.25) is 5.02 Å². The molecule has 0 bridgehead atoms. The predicted octanol–water partition coefficient (Wildman–Crippen LogP) is 2.29. The van der Waals surface area contributed by atoms with Gasteiger partial charge in [-0.25, -0.2) is 0 Å². The van der Waals surface area contributed by atoms with Crippen LogP contribution in [0.15, 0.2) is 18.2 Å². The molecule has 0 amide bonds. The highest BCUT2D eigenvalue weighted by molar-refractivity contribution is 6.30. The van der Waals surface area contributed by atoms with E-state index in [-0.39, 0.29) is 10.6 Å². The number of anilines is 1. The number of halogens is 1.